The van der Waals surface area contributed by atoms with Crippen LogP contribution in [0.2, 0.25) is 0 Å². The van der Waals surface area contributed by atoms with Crippen LogP contribution >= 0.6 is 0 Å². The topological polar surface area (TPSA) is 40.5 Å². The molecule has 68 valence electrons. The fourth-order valence-corrected chi connectivity index (χ4v) is 1.44. The third kappa shape index (κ3) is 3.73. The van der Waals surface area contributed by atoms with Gasteiger partial charge >= 0.3 is 0 Å². The van der Waals surface area contributed by atoms with Crippen molar-refractivity contribution in [3.8, 4) is 0 Å². The fourth-order valence-electron chi connectivity index (χ4n) is 1.44. The van der Waals surface area contributed by atoms with Crippen molar-refractivity contribution >= 4 is 0 Å². The Bertz CT molecular complexity index is 91.6. The van der Waals surface area contributed by atoms with Crippen LogP contribution in [0.4, 0.5) is 0 Å². The van der Waals surface area contributed by atoms with E-state index < -0.39 is 6.10 Å². The Morgan fingerprint density at radius 2 is 1.82 bits per heavy atom. The van der Waals surface area contributed by atoms with E-state index in [1.54, 1.807) is 0 Å². The van der Waals surface area contributed by atoms with Crippen molar-refractivity contribution in [3.63, 3.8) is 0 Å². The Hall–Kier alpha value is -0.0800. The highest BCUT2D eigenvalue weighted by molar-refractivity contribution is 4.70. The molecule has 0 amide bonds. The summed E-state index contributed by atoms with van der Waals surface area (Å²) in [5.74, 6) is 0.710. The van der Waals surface area contributed by atoms with Crippen molar-refractivity contribution in [2.45, 2.75) is 39.7 Å². The summed E-state index contributed by atoms with van der Waals surface area (Å²) in [6, 6.07) is 0. The summed E-state index contributed by atoms with van der Waals surface area (Å²) in [4.78, 5) is 0. The molecule has 2 heteroatoms. The van der Waals surface area contributed by atoms with E-state index in [0.29, 0.717) is 5.92 Å². The number of rotatable bonds is 5. The van der Waals surface area contributed by atoms with Crippen LogP contribution in [0.1, 0.15) is 33.6 Å². The first kappa shape index (κ1) is 10.9. The summed E-state index contributed by atoms with van der Waals surface area (Å²) in [5, 5.41) is 18.1. The van der Waals surface area contributed by atoms with Crippen molar-refractivity contribution in [1.29, 1.82) is 0 Å². The van der Waals surface area contributed by atoms with Crippen LogP contribution in [0.3, 0.4) is 0 Å². The Balaban J connectivity index is 3.87. The Morgan fingerprint density at radius 3 is 2.09 bits per heavy atom. The van der Waals surface area contributed by atoms with Crippen molar-refractivity contribution in [3.05, 3.63) is 0 Å². The summed E-state index contributed by atoms with van der Waals surface area (Å²) >= 11 is 0. The molecule has 0 bridgehead atoms. The maximum absolute atomic E-state index is 9.37. The van der Waals surface area contributed by atoms with Gasteiger partial charge in [-0.05, 0) is 18.3 Å². The second kappa shape index (κ2) is 5.56. The SMILES string of the molecule is CCCC(C(C)C)C(O)CO. The van der Waals surface area contributed by atoms with Gasteiger partial charge in [-0.25, -0.2) is 0 Å². The van der Waals surface area contributed by atoms with Crippen LogP contribution in [-0.4, -0.2) is 22.9 Å². The third-order valence-corrected chi connectivity index (χ3v) is 2.16. The van der Waals surface area contributed by atoms with Crippen molar-refractivity contribution < 1.29 is 10.2 Å². The van der Waals surface area contributed by atoms with Gasteiger partial charge in [0.1, 0.15) is 0 Å². The van der Waals surface area contributed by atoms with Gasteiger partial charge in [0.15, 0.2) is 0 Å². The molecule has 0 aliphatic heterocycles. The predicted octanol–water partition coefficient (Wildman–Crippen LogP) is 1.41. The molecule has 0 saturated heterocycles. The Morgan fingerprint density at radius 1 is 1.27 bits per heavy atom. The third-order valence-electron chi connectivity index (χ3n) is 2.16. The predicted molar refractivity (Wildman–Crippen MR) is 46.3 cm³/mol. The standard InChI is InChI=1S/C9H20O2/c1-4-5-8(7(2)3)9(11)6-10/h7-11H,4-6H2,1-3H3. The Labute approximate surface area is 69.2 Å². The molecule has 11 heavy (non-hydrogen) atoms. The van der Waals surface area contributed by atoms with Crippen molar-refractivity contribution in [2.24, 2.45) is 11.8 Å². The van der Waals surface area contributed by atoms with Gasteiger partial charge in [-0.2, -0.15) is 0 Å². The van der Waals surface area contributed by atoms with Crippen molar-refractivity contribution in [1.82, 2.24) is 0 Å². The number of aliphatic hydroxyl groups excluding tert-OH is 2. The van der Waals surface area contributed by atoms with E-state index in [2.05, 4.69) is 20.8 Å². The number of aliphatic hydroxyl groups is 2. The van der Waals surface area contributed by atoms with Crippen LogP contribution < -0.4 is 0 Å². The average molecular weight is 160 g/mol. The molecule has 0 aromatic heterocycles. The second-order valence-corrected chi connectivity index (χ2v) is 3.45. The maximum Gasteiger partial charge on any atom is 0.0801 e. The first-order valence-corrected chi connectivity index (χ1v) is 4.42. The lowest BCUT2D eigenvalue weighted by molar-refractivity contribution is 0.0251. The van der Waals surface area contributed by atoms with Gasteiger partial charge in [0.25, 0.3) is 0 Å². The molecule has 2 nitrogen and oxygen atoms in total. The van der Waals surface area contributed by atoms with Crippen LogP contribution in [0.25, 0.3) is 0 Å². The summed E-state index contributed by atoms with van der Waals surface area (Å²) in [5.41, 5.74) is 0. The van der Waals surface area contributed by atoms with Crippen LogP contribution in [-0.2, 0) is 0 Å². The maximum atomic E-state index is 9.37. The molecule has 0 radical (unpaired) electrons. The highest BCUT2D eigenvalue weighted by atomic mass is 16.3. The quantitative estimate of drug-likeness (QED) is 0.638. The smallest absolute Gasteiger partial charge is 0.0801 e. The average Bonchev–Trinajstić information content (AvgIpc) is 1.98. The summed E-state index contributed by atoms with van der Waals surface area (Å²) in [7, 11) is 0. The Kier molecular flexibility index (Phi) is 5.51. The molecule has 0 aliphatic rings. The van der Waals surface area contributed by atoms with E-state index in [1.807, 2.05) is 0 Å². The lowest BCUT2D eigenvalue weighted by atomic mass is 9.87. The number of hydrogen-bond acceptors (Lipinski definition) is 2. The van der Waals surface area contributed by atoms with E-state index in [1.165, 1.54) is 0 Å². The van der Waals surface area contributed by atoms with Crippen molar-refractivity contribution in [2.75, 3.05) is 6.61 Å². The molecule has 0 aliphatic carbocycles. The van der Waals surface area contributed by atoms with E-state index in [-0.39, 0.29) is 12.5 Å². The van der Waals surface area contributed by atoms with Gasteiger partial charge in [0, 0.05) is 0 Å². The molecule has 2 N–H and O–H groups in total. The lowest BCUT2D eigenvalue weighted by Gasteiger charge is -2.24. The molecule has 2 unspecified atom stereocenters. The van der Waals surface area contributed by atoms with E-state index in [0.717, 1.165) is 12.8 Å². The molecular weight excluding hydrogens is 140 g/mol. The van der Waals surface area contributed by atoms with Gasteiger partial charge in [-0.3, -0.25) is 0 Å². The highest BCUT2D eigenvalue weighted by Crippen LogP contribution is 2.20. The van der Waals surface area contributed by atoms with Gasteiger partial charge < -0.3 is 10.2 Å². The minimum atomic E-state index is -0.532. The summed E-state index contributed by atoms with van der Waals surface area (Å²) < 4.78 is 0. The normalized spacial score (nSPS) is 16.9. The fraction of sp³-hybridized carbons (Fsp3) is 1.00. The zero-order valence-corrected chi connectivity index (χ0v) is 7.75. The first-order valence-electron chi connectivity index (χ1n) is 4.42. The van der Waals surface area contributed by atoms with E-state index in [9.17, 15) is 5.11 Å². The highest BCUT2D eigenvalue weighted by Gasteiger charge is 2.20. The minimum Gasteiger partial charge on any atom is -0.394 e. The lowest BCUT2D eigenvalue weighted by Crippen LogP contribution is -2.28. The van der Waals surface area contributed by atoms with Crippen LogP contribution in [0, 0.1) is 11.8 Å². The summed E-state index contributed by atoms with van der Waals surface area (Å²) in [6.45, 7) is 6.15. The molecule has 0 heterocycles. The van der Waals surface area contributed by atoms with Gasteiger partial charge in [0.2, 0.25) is 0 Å². The van der Waals surface area contributed by atoms with Gasteiger partial charge in [-0.15, -0.1) is 0 Å². The van der Waals surface area contributed by atoms with Gasteiger partial charge in [0.05, 0.1) is 12.7 Å². The second-order valence-electron chi connectivity index (χ2n) is 3.45. The zero-order chi connectivity index (χ0) is 8.85. The molecule has 0 aromatic rings. The van der Waals surface area contributed by atoms with E-state index in [4.69, 9.17) is 5.11 Å². The number of hydrogen-bond donors (Lipinski definition) is 2. The minimum absolute atomic E-state index is 0.108. The molecule has 0 spiro atoms. The summed E-state index contributed by atoms with van der Waals surface area (Å²) in [6.07, 6.45) is 1.54. The molecular formula is C9H20O2. The zero-order valence-electron chi connectivity index (χ0n) is 7.75. The van der Waals surface area contributed by atoms with Crippen LogP contribution in [0.15, 0.2) is 0 Å². The first-order chi connectivity index (χ1) is 5.13. The van der Waals surface area contributed by atoms with Crippen LogP contribution in [0.5, 0.6) is 0 Å². The molecule has 0 fully saturated rings. The molecule has 2 atom stereocenters. The van der Waals surface area contributed by atoms with Gasteiger partial charge in [-0.1, -0.05) is 27.2 Å². The molecule has 0 aromatic carbocycles. The monoisotopic (exact) mass is 160 g/mol. The largest absolute Gasteiger partial charge is 0.394 e. The van der Waals surface area contributed by atoms with E-state index >= 15 is 0 Å². The molecule has 0 rings (SSSR count). The molecule has 0 saturated carbocycles.